The van der Waals surface area contributed by atoms with Gasteiger partial charge in [-0.2, -0.15) is 0 Å². The van der Waals surface area contributed by atoms with Crippen LogP contribution in [0.5, 0.6) is 0 Å². The fourth-order valence-corrected chi connectivity index (χ4v) is 0.896. The van der Waals surface area contributed by atoms with Crippen LogP contribution in [0.2, 0.25) is 10.0 Å². The zero-order valence-electron chi connectivity index (χ0n) is 4.91. The summed E-state index contributed by atoms with van der Waals surface area (Å²) in [4.78, 5) is 0. The number of benzene rings is 1. The van der Waals surface area contributed by atoms with Crippen LogP contribution in [0, 0.1) is 13.0 Å². The van der Waals surface area contributed by atoms with Crippen molar-refractivity contribution in [2.45, 2.75) is 6.92 Å². The van der Waals surface area contributed by atoms with Gasteiger partial charge in [-0.1, -0.05) is 23.2 Å². The molecular weight excluding hydrogens is 155 g/mol. The van der Waals surface area contributed by atoms with Crippen molar-refractivity contribution in [3.05, 3.63) is 33.8 Å². The van der Waals surface area contributed by atoms with E-state index in [9.17, 15) is 0 Å². The van der Waals surface area contributed by atoms with Crippen molar-refractivity contribution in [2.24, 2.45) is 0 Å². The average Bonchev–Trinajstić information content (AvgIpc) is 1.80. The van der Waals surface area contributed by atoms with Crippen molar-refractivity contribution in [3.63, 3.8) is 0 Å². The van der Waals surface area contributed by atoms with Gasteiger partial charge in [0, 0.05) is 16.1 Å². The SMILES string of the molecule is Cc1c[c]c(Cl)cc1Cl. The molecule has 2 heteroatoms. The maximum atomic E-state index is 5.71. The maximum Gasteiger partial charge on any atom is 0.0499 e. The minimum Gasteiger partial charge on any atom is -0.0840 e. The number of halogens is 2. The molecule has 1 aromatic carbocycles. The van der Waals surface area contributed by atoms with E-state index in [-0.39, 0.29) is 0 Å². The molecule has 0 aromatic heterocycles. The molecule has 9 heavy (non-hydrogen) atoms. The lowest BCUT2D eigenvalue weighted by molar-refractivity contribution is 1.47. The largest absolute Gasteiger partial charge is 0.0840 e. The van der Waals surface area contributed by atoms with Gasteiger partial charge in [-0.25, -0.2) is 0 Å². The van der Waals surface area contributed by atoms with Crippen LogP contribution in [0.25, 0.3) is 0 Å². The molecule has 0 amide bonds. The first-order chi connectivity index (χ1) is 4.20. The Morgan fingerprint density at radius 3 is 2.56 bits per heavy atom. The van der Waals surface area contributed by atoms with Crippen molar-refractivity contribution < 1.29 is 0 Å². The van der Waals surface area contributed by atoms with Gasteiger partial charge in [0.2, 0.25) is 0 Å². The van der Waals surface area contributed by atoms with Crippen LogP contribution in [0.3, 0.4) is 0 Å². The van der Waals surface area contributed by atoms with Crippen LogP contribution >= 0.6 is 23.2 Å². The molecule has 0 atom stereocenters. The van der Waals surface area contributed by atoms with E-state index < -0.39 is 0 Å². The van der Waals surface area contributed by atoms with E-state index in [1.54, 1.807) is 12.1 Å². The van der Waals surface area contributed by atoms with Crippen LogP contribution < -0.4 is 0 Å². The van der Waals surface area contributed by atoms with Gasteiger partial charge in [-0.15, -0.1) is 0 Å². The third-order valence-electron chi connectivity index (χ3n) is 1.06. The Morgan fingerprint density at radius 1 is 1.44 bits per heavy atom. The Kier molecular flexibility index (Phi) is 1.99. The normalized spacial score (nSPS) is 9.67. The standard InChI is InChI=1S/C7H5Cl2/c1-5-2-3-6(8)4-7(5)9/h2,4H,1H3. The molecule has 0 saturated heterocycles. The van der Waals surface area contributed by atoms with Crippen LogP contribution in [0.4, 0.5) is 0 Å². The lowest BCUT2D eigenvalue weighted by atomic mass is 10.2. The van der Waals surface area contributed by atoms with Crippen molar-refractivity contribution in [2.75, 3.05) is 0 Å². The van der Waals surface area contributed by atoms with E-state index in [2.05, 4.69) is 6.07 Å². The van der Waals surface area contributed by atoms with E-state index in [0.29, 0.717) is 10.0 Å². The molecule has 0 bridgehead atoms. The lowest BCUT2D eigenvalue weighted by Crippen LogP contribution is -1.72. The zero-order chi connectivity index (χ0) is 6.85. The molecule has 0 aliphatic carbocycles. The van der Waals surface area contributed by atoms with E-state index >= 15 is 0 Å². The molecule has 0 unspecified atom stereocenters. The van der Waals surface area contributed by atoms with Crippen LogP contribution in [0.15, 0.2) is 12.1 Å². The third-order valence-corrected chi connectivity index (χ3v) is 1.68. The molecule has 0 fully saturated rings. The second-order valence-electron chi connectivity index (χ2n) is 1.81. The molecule has 1 radical (unpaired) electrons. The fourth-order valence-electron chi connectivity index (χ4n) is 0.513. The predicted molar refractivity (Wildman–Crippen MR) is 40.0 cm³/mol. The van der Waals surface area contributed by atoms with E-state index in [1.807, 2.05) is 6.92 Å². The summed E-state index contributed by atoms with van der Waals surface area (Å²) in [5.74, 6) is 0. The van der Waals surface area contributed by atoms with Crippen LogP contribution in [0.1, 0.15) is 5.56 Å². The molecule has 47 valence electrons. The lowest BCUT2D eigenvalue weighted by Gasteiger charge is -1.94. The van der Waals surface area contributed by atoms with Gasteiger partial charge in [-0.05, 0) is 24.6 Å². The Balaban J connectivity index is 3.17. The van der Waals surface area contributed by atoms with Crippen molar-refractivity contribution in [1.82, 2.24) is 0 Å². The minimum absolute atomic E-state index is 0.561. The van der Waals surface area contributed by atoms with Gasteiger partial charge < -0.3 is 0 Å². The smallest absolute Gasteiger partial charge is 0.0499 e. The average molecular weight is 160 g/mol. The highest BCUT2D eigenvalue weighted by Crippen LogP contribution is 2.18. The van der Waals surface area contributed by atoms with Crippen molar-refractivity contribution in [3.8, 4) is 0 Å². The summed E-state index contributed by atoms with van der Waals surface area (Å²) in [7, 11) is 0. The minimum atomic E-state index is 0.561. The molecule has 0 nitrogen and oxygen atoms in total. The molecule has 0 saturated carbocycles. The number of rotatable bonds is 0. The van der Waals surface area contributed by atoms with Crippen LogP contribution in [-0.4, -0.2) is 0 Å². The van der Waals surface area contributed by atoms with Gasteiger partial charge in [0.25, 0.3) is 0 Å². The number of hydrogen-bond acceptors (Lipinski definition) is 0. The number of aryl methyl sites for hydroxylation is 1. The maximum absolute atomic E-state index is 5.71. The Hall–Kier alpha value is -0.200. The topological polar surface area (TPSA) is 0 Å². The molecule has 0 aliphatic heterocycles. The Morgan fingerprint density at radius 2 is 2.11 bits per heavy atom. The zero-order valence-corrected chi connectivity index (χ0v) is 6.42. The van der Waals surface area contributed by atoms with Gasteiger partial charge >= 0.3 is 0 Å². The summed E-state index contributed by atoms with van der Waals surface area (Å²) in [6, 6.07) is 6.27. The Labute approximate surface area is 64.4 Å². The van der Waals surface area contributed by atoms with Crippen molar-refractivity contribution in [1.29, 1.82) is 0 Å². The monoisotopic (exact) mass is 159 g/mol. The first kappa shape index (κ1) is 6.91. The summed E-state index contributed by atoms with van der Waals surface area (Å²) >= 11 is 11.3. The van der Waals surface area contributed by atoms with Gasteiger partial charge in [0.15, 0.2) is 0 Å². The third kappa shape index (κ3) is 1.60. The van der Waals surface area contributed by atoms with Crippen LogP contribution in [-0.2, 0) is 0 Å². The molecule has 0 heterocycles. The predicted octanol–water partition coefficient (Wildman–Crippen LogP) is 3.10. The second kappa shape index (κ2) is 2.59. The van der Waals surface area contributed by atoms with E-state index in [1.165, 1.54) is 0 Å². The summed E-state index contributed by atoms with van der Waals surface area (Å²) < 4.78 is 0. The molecule has 1 aromatic rings. The molecule has 0 aliphatic rings. The summed E-state index contributed by atoms with van der Waals surface area (Å²) in [6.45, 7) is 1.91. The second-order valence-corrected chi connectivity index (χ2v) is 2.63. The van der Waals surface area contributed by atoms with E-state index in [0.717, 1.165) is 5.56 Å². The van der Waals surface area contributed by atoms with E-state index in [4.69, 9.17) is 23.2 Å². The summed E-state index contributed by atoms with van der Waals surface area (Å²) in [5.41, 5.74) is 1.00. The quantitative estimate of drug-likeness (QED) is 0.546. The van der Waals surface area contributed by atoms with Gasteiger partial charge in [0.05, 0.1) is 0 Å². The summed E-state index contributed by atoms with van der Waals surface area (Å²) in [6.07, 6.45) is 0. The highest BCUT2D eigenvalue weighted by Gasteiger charge is 1.93. The summed E-state index contributed by atoms with van der Waals surface area (Å²) in [5, 5.41) is 1.25. The fraction of sp³-hybridized carbons (Fsp3) is 0.143. The Bertz CT molecular complexity index is 218. The van der Waals surface area contributed by atoms with Gasteiger partial charge in [0.1, 0.15) is 0 Å². The first-order valence-corrected chi connectivity index (χ1v) is 3.29. The highest BCUT2D eigenvalue weighted by atomic mass is 35.5. The molecule has 1 rings (SSSR count). The molecular formula is C7H5Cl2. The first-order valence-electron chi connectivity index (χ1n) is 2.53. The number of hydrogen-bond donors (Lipinski definition) is 0. The van der Waals surface area contributed by atoms with Gasteiger partial charge in [-0.3, -0.25) is 0 Å². The highest BCUT2D eigenvalue weighted by molar-refractivity contribution is 6.34. The molecule has 0 N–H and O–H groups in total. The molecule has 0 spiro atoms. The van der Waals surface area contributed by atoms with Crippen molar-refractivity contribution >= 4 is 23.2 Å².